The fraction of sp³-hybridized carbons (Fsp3) is 0.185. The number of hydrogen-bond donors (Lipinski definition) is 4. The van der Waals surface area contributed by atoms with Crippen LogP contribution in [0.4, 0.5) is 24.7 Å². The normalized spacial score (nSPS) is 11.2. The predicted molar refractivity (Wildman–Crippen MR) is 142 cm³/mol. The number of aryl methyl sites for hydroxylation is 1. The summed E-state index contributed by atoms with van der Waals surface area (Å²) in [6.45, 7) is 1.97. The Morgan fingerprint density at radius 3 is 2.50 bits per heavy atom. The molecule has 2 amide bonds. The van der Waals surface area contributed by atoms with E-state index in [0.29, 0.717) is 46.2 Å². The van der Waals surface area contributed by atoms with Gasteiger partial charge in [-0.1, -0.05) is 6.07 Å². The highest BCUT2D eigenvalue weighted by molar-refractivity contribution is 6.03. The van der Waals surface area contributed by atoms with Crippen LogP contribution in [0.2, 0.25) is 0 Å². The van der Waals surface area contributed by atoms with E-state index in [-0.39, 0.29) is 24.8 Å². The summed E-state index contributed by atoms with van der Waals surface area (Å²) in [5.41, 5.74) is 2.31. The van der Waals surface area contributed by atoms with Gasteiger partial charge in [0.15, 0.2) is 5.69 Å². The van der Waals surface area contributed by atoms with E-state index in [4.69, 9.17) is 0 Å². The van der Waals surface area contributed by atoms with Gasteiger partial charge in [0.05, 0.1) is 24.1 Å². The van der Waals surface area contributed by atoms with Crippen molar-refractivity contribution >= 4 is 23.3 Å². The number of pyridine rings is 2. The molecule has 4 aromatic rings. The van der Waals surface area contributed by atoms with Crippen molar-refractivity contribution in [2.24, 2.45) is 0 Å². The summed E-state index contributed by atoms with van der Waals surface area (Å²) in [7, 11) is 1.50. The van der Waals surface area contributed by atoms with Crippen LogP contribution in [0.3, 0.4) is 0 Å². The molecular formula is C27H24F3N7O3. The van der Waals surface area contributed by atoms with E-state index in [0.717, 1.165) is 5.56 Å². The topological polar surface area (TPSA) is 142 Å². The first-order chi connectivity index (χ1) is 19.1. The van der Waals surface area contributed by atoms with Crippen LogP contribution in [-0.2, 0) is 6.18 Å². The molecule has 0 fully saturated rings. The molecule has 4 N–H and O–H groups in total. The van der Waals surface area contributed by atoms with Crippen LogP contribution in [-0.4, -0.2) is 57.3 Å². The first-order valence-corrected chi connectivity index (χ1v) is 12.0. The van der Waals surface area contributed by atoms with Gasteiger partial charge in [0.25, 0.3) is 11.8 Å². The highest BCUT2D eigenvalue weighted by atomic mass is 19.4. The second kappa shape index (κ2) is 11.9. The van der Waals surface area contributed by atoms with Gasteiger partial charge in [-0.25, -0.2) is 4.98 Å². The number of rotatable bonds is 8. The molecule has 0 spiro atoms. The molecule has 40 heavy (non-hydrogen) atoms. The van der Waals surface area contributed by atoms with Crippen molar-refractivity contribution in [1.82, 2.24) is 25.5 Å². The zero-order valence-corrected chi connectivity index (χ0v) is 21.4. The number of benzene rings is 1. The van der Waals surface area contributed by atoms with E-state index in [9.17, 15) is 27.9 Å². The lowest BCUT2D eigenvalue weighted by atomic mass is 9.98. The highest BCUT2D eigenvalue weighted by Gasteiger charge is 2.32. The van der Waals surface area contributed by atoms with Gasteiger partial charge in [-0.3, -0.25) is 14.6 Å². The molecule has 0 aliphatic rings. The van der Waals surface area contributed by atoms with Crippen LogP contribution in [0.25, 0.3) is 22.4 Å². The lowest BCUT2D eigenvalue weighted by molar-refractivity contribution is -0.137. The van der Waals surface area contributed by atoms with E-state index in [2.05, 4.69) is 36.1 Å². The molecule has 206 valence electrons. The van der Waals surface area contributed by atoms with Crippen LogP contribution in [0.1, 0.15) is 32.1 Å². The number of hydrogen-bond acceptors (Lipinski definition) is 8. The summed E-state index contributed by atoms with van der Waals surface area (Å²) in [4.78, 5) is 33.5. The maximum Gasteiger partial charge on any atom is 0.418 e. The third kappa shape index (κ3) is 6.56. The van der Waals surface area contributed by atoms with Crippen LogP contribution >= 0.6 is 0 Å². The van der Waals surface area contributed by atoms with E-state index in [1.54, 1.807) is 42.5 Å². The van der Waals surface area contributed by atoms with E-state index < -0.39 is 23.3 Å². The number of carbonyl (C=O) groups is 2. The van der Waals surface area contributed by atoms with Gasteiger partial charge in [-0.05, 0) is 66.1 Å². The van der Waals surface area contributed by atoms with Crippen molar-refractivity contribution in [2.45, 2.75) is 13.1 Å². The summed E-state index contributed by atoms with van der Waals surface area (Å²) < 4.78 is 39.1. The molecule has 0 saturated heterocycles. The molecule has 3 aromatic heterocycles. The van der Waals surface area contributed by atoms with Gasteiger partial charge in [-0.15, -0.1) is 5.10 Å². The Morgan fingerprint density at radius 1 is 0.975 bits per heavy atom. The third-order valence-corrected chi connectivity index (χ3v) is 5.78. The molecule has 0 radical (unpaired) electrons. The minimum atomic E-state index is -4.67. The third-order valence-electron chi connectivity index (χ3n) is 5.78. The number of nitrogens with one attached hydrogen (secondary N) is 3. The Morgan fingerprint density at radius 2 is 1.77 bits per heavy atom. The Labute approximate surface area is 226 Å². The summed E-state index contributed by atoms with van der Waals surface area (Å²) in [6, 6.07) is 12.5. The molecule has 0 saturated carbocycles. The SMILES string of the molecule is CNC(=O)c1cc(-c2cc(-c3cc(NC(=O)c4cc(C(F)(F)F)cnn4)ccc3C)cc(NCCO)n2)ccn1. The zero-order valence-electron chi connectivity index (χ0n) is 21.4. The number of aliphatic hydroxyl groups excluding tert-OH is 1. The lowest BCUT2D eigenvalue weighted by Gasteiger charge is -2.14. The number of nitrogens with zero attached hydrogens (tertiary/aromatic N) is 4. The summed E-state index contributed by atoms with van der Waals surface area (Å²) >= 11 is 0. The van der Waals surface area contributed by atoms with Gasteiger partial charge in [-0.2, -0.15) is 18.3 Å². The second-order valence-corrected chi connectivity index (χ2v) is 8.60. The number of carbonyl (C=O) groups excluding carboxylic acids is 2. The molecule has 0 aliphatic heterocycles. The molecule has 0 aliphatic carbocycles. The molecule has 0 atom stereocenters. The van der Waals surface area contributed by atoms with Gasteiger partial charge in [0, 0.05) is 31.0 Å². The second-order valence-electron chi connectivity index (χ2n) is 8.60. The van der Waals surface area contributed by atoms with Crippen LogP contribution in [0.5, 0.6) is 0 Å². The fourth-order valence-corrected chi connectivity index (χ4v) is 3.79. The molecule has 10 nitrogen and oxygen atoms in total. The molecule has 0 unspecified atom stereocenters. The molecule has 0 bridgehead atoms. The highest BCUT2D eigenvalue weighted by Crippen LogP contribution is 2.32. The molecule has 3 heterocycles. The number of anilines is 2. The van der Waals surface area contributed by atoms with Gasteiger partial charge in [0.2, 0.25) is 0 Å². The van der Waals surface area contributed by atoms with Crippen LogP contribution in [0, 0.1) is 6.92 Å². The van der Waals surface area contributed by atoms with Crippen molar-refractivity contribution < 1.29 is 27.9 Å². The summed E-state index contributed by atoms with van der Waals surface area (Å²) in [5, 5.41) is 24.2. The maximum atomic E-state index is 13.0. The number of alkyl halides is 3. The summed E-state index contributed by atoms with van der Waals surface area (Å²) in [5.74, 6) is -0.762. The van der Waals surface area contributed by atoms with Crippen LogP contribution in [0.15, 0.2) is 60.9 Å². The molecular weight excluding hydrogens is 527 g/mol. The summed E-state index contributed by atoms with van der Waals surface area (Å²) in [6.07, 6.45) is -2.63. The monoisotopic (exact) mass is 551 g/mol. The minimum absolute atomic E-state index is 0.129. The Bertz CT molecular complexity index is 1560. The first-order valence-electron chi connectivity index (χ1n) is 12.0. The van der Waals surface area contributed by atoms with E-state index in [1.165, 1.54) is 13.2 Å². The van der Waals surface area contributed by atoms with E-state index >= 15 is 0 Å². The van der Waals surface area contributed by atoms with Gasteiger partial charge >= 0.3 is 6.18 Å². The van der Waals surface area contributed by atoms with E-state index in [1.807, 2.05) is 6.92 Å². The zero-order chi connectivity index (χ0) is 28.9. The standard InChI is InChI=1S/C27H24F3N7O3/c1-15-3-4-19(35-26(40)23-12-18(14-34-37-23)27(28,29)30)13-20(15)17-10-21(36-24(11-17)33-7-8-38)16-5-6-32-22(9-16)25(39)31-2/h3-6,9-14,38H,7-8H2,1-2H3,(H,31,39)(H,33,36)(H,35,40). The average Bonchev–Trinajstić information content (AvgIpc) is 2.96. The molecule has 4 rings (SSSR count). The molecule has 1 aromatic carbocycles. The van der Waals surface area contributed by atoms with Gasteiger partial charge < -0.3 is 21.1 Å². The van der Waals surface area contributed by atoms with Crippen molar-refractivity contribution in [3.8, 4) is 22.4 Å². The fourth-order valence-electron chi connectivity index (χ4n) is 3.79. The average molecular weight is 552 g/mol. The number of aliphatic hydroxyl groups is 1. The van der Waals surface area contributed by atoms with Crippen molar-refractivity contribution in [1.29, 1.82) is 0 Å². The lowest BCUT2D eigenvalue weighted by Crippen LogP contribution is -2.19. The number of halogens is 3. The number of aromatic nitrogens is 4. The number of amides is 2. The quantitative estimate of drug-likeness (QED) is 0.258. The predicted octanol–water partition coefficient (Wildman–Crippen LogP) is 3.94. The first kappa shape index (κ1) is 28.1. The maximum absolute atomic E-state index is 13.0. The van der Waals surface area contributed by atoms with Crippen molar-refractivity contribution in [3.63, 3.8) is 0 Å². The Kier molecular flexibility index (Phi) is 8.34. The van der Waals surface area contributed by atoms with Crippen molar-refractivity contribution in [2.75, 3.05) is 30.8 Å². The molecule has 13 heteroatoms. The van der Waals surface area contributed by atoms with Gasteiger partial charge in [0.1, 0.15) is 11.5 Å². The minimum Gasteiger partial charge on any atom is -0.395 e. The van der Waals surface area contributed by atoms with Crippen LogP contribution < -0.4 is 16.0 Å². The smallest absolute Gasteiger partial charge is 0.395 e. The van der Waals surface area contributed by atoms with Crippen molar-refractivity contribution in [3.05, 3.63) is 83.4 Å². The Balaban J connectivity index is 1.71. The Hall–Kier alpha value is -4.91. The largest absolute Gasteiger partial charge is 0.418 e.